The minimum Gasteiger partial charge on any atom is -0.376 e. The molecule has 2 N–H and O–H groups in total. The maximum atomic E-state index is 11.7. The number of amides is 2. The van der Waals surface area contributed by atoms with E-state index in [0.717, 1.165) is 19.4 Å². The van der Waals surface area contributed by atoms with Crippen molar-refractivity contribution in [3.05, 3.63) is 28.8 Å². The summed E-state index contributed by atoms with van der Waals surface area (Å²) in [6.07, 6.45) is 2.11. The molecule has 6 heteroatoms. The lowest BCUT2D eigenvalue weighted by Crippen LogP contribution is -2.35. The molecule has 1 fully saturated rings. The standard InChI is InChI=1S/C13H14ClN3O2/c14-12-4-3-10(6-9(12)7-15)17-13(18)16-8-11-2-1-5-19-11/h3-4,6,11H,1-2,5,8H2,(H2,16,17,18). The molecule has 0 bridgehead atoms. The molecule has 2 rings (SSSR count). The summed E-state index contributed by atoms with van der Waals surface area (Å²) >= 11 is 5.81. The smallest absolute Gasteiger partial charge is 0.319 e. The van der Waals surface area contributed by atoms with Gasteiger partial charge in [0.05, 0.1) is 16.7 Å². The highest BCUT2D eigenvalue weighted by molar-refractivity contribution is 6.31. The van der Waals surface area contributed by atoms with E-state index in [0.29, 0.717) is 22.8 Å². The van der Waals surface area contributed by atoms with Crippen molar-refractivity contribution in [2.45, 2.75) is 18.9 Å². The number of ether oxygens (including phenoxy) is 1. The van der Waals surface area contributed by atoms with Gasteiger partial charge in [-0.3, -0.25) is 0 Å². The highest BCUT2D eigenvalue weighted by Crippen LogP contribution is 2.19. The molecule has 2 amide bonds. The third-order valence-electron chi connectivity index (χ3n) is 2.86. The number of nitrogens with zero attached hydrogens (tertiary/aromatic N) is 1. The van der Waals surface area contributed by atoms with Gasteiger partial charge in [-0.25, -0.2) is 4.79 Å². The molecule has 1 aliphatic heterocycles. The van der Waals surface area contributed by atoms with Crippen LogP contribution in [0.25, 0.3) is 0 Å². The van der Waals surface area contributed by atoms with Crippen LogP contribution in [-0.4, -0.2) is 25.3 Å². The average Bonchev–Trinajstić information content (AvgIpc) is 2.92. The van der Waals surface area contributed by atoms with Crippen molar-refractivity contribution in [3.8, 4) is 6.07 Å². The zero-order valence-corrected chi connectivity index (χ0v) is 11.0. The highest BCUT2D eigenvalue weighted by atomic mass is 35.5. The number of carbonyl (C=O) groups excluding carboxylic acids is 1. The lowest BCUT2D eigenvalue weighted by atomic mass is 10.2. The summed E-state index contributed by atoms with van der Waals surface area (Å²) in [6.45, 7) is 1.25. The van der Waals surface area contributed by atoms with Crippen LogP contribution in [0, 0.1) is 11.3 Å². The van der Waals surface area contributed by atoms with Crippen LogP contribution in [0.1, 0.15) is 18.4 Å². The van der Waals surface area contributed by atoms with E-state index in [9.17, 15) is 4.79 Å². The van der Waals surface area contributed by atoms with Crippen molar-refractivity contribution in [1.29, 1.82) is 5.26 Å². The zero-order chi connectivity index (χ0) is 13.7. The second kappa shape index (κ2) is 6.41. The average molecular weight is 280 g/mol. The van der Waals surface area contributed by atoms with Crippen LogP contribution in [0.2, 0.25) is 5.02 Å². The van der Waals surface area contributed by atoms with E-state index in [1.807, 2.05) is 6.07 Å². The monoisotopic (exact) mass is 279 g/mol. The first-order valence-corrected chi connectivity index (χ1v) is 6.43. The van der Waals surface area contributed by atoms with E-state index < -0.39 is 0 Å². The summed E-state index contributed by atoms with van der Waals surface area (Å²) < 4.78 is 5.40. The molecule has 1 saturated heterocycles. The Labute approximate surface area is 116 Å². The third-order valence-corrected chi connectivity index (χ3v) is 3.19. The number of nitriles is 1. The first kappa shape index (κ1) is 13.7. The van der Waals surface area contributed by atoms with Gasteiger partial charge < -0.3 is 15.4 Å². The van der Waals surface area contributed by atoms with E-state index in [1.54, 1.807) is 12.1 Å². The second-order valence-electron chi connectivity index (χ2n) is 4.28. The van der Waals surface area contributed by atoms with Gasteiger partial charge in [-0.2, -0.15) is 5.26 Å². The molecule has 1 aliphatic rings. The van der Waals surface area contributed by atoms with Gasteiger partial charge >= 0.3 is 6.03 Å². The lowest BCUT2D eigenvalue weighted by molar-refractivity contribution is 0.112. The van der Waals surface area contributed by atoms with Gasteiger partial charge in [0, 0.05) is 18.8 Å². The molecule has 1 aromatic rings. The van der Waals surface area contributed by atoms with Crippen molar-refractivity contribution in [1.82, 2.24) is 5.32 Å². The van der Waals surface area contributed by atoms with Crippen LogP contribution < -0.4 is 10.6 Å². The van der Waals surface area contributed by atoms with Crippen LogP contribution in [0.15, 0.2) is 18.2 Å². The summed E-state index contributed by atoms with van der Waals surface area (Å²) in [5.41, 5.74) is 0.865. The fourth-order valence-corrected chi connectivity index (χ4v) is 2.04. The maximum absolute atomic E-state index is 11.7. The third kappa shape index (κ3) is 3.85. The molecule has 1 unspecified atom stereocenters. The minimum atomic E-state index is -0.318. The topological polar surface area (TPSA) is 74.2 Å². The molecule has 5 nitrogen and oxygen atoms in total. The van der Waals surface area contributed by atoms with E-state index >= 15 is 0 Å². The maximum Gasteiger partial charge on any atom is 0.319 e. The molecule has 1 aromatic carbocycles. The molecule has 100 valence electrons. The Morgan fingerprint density at radius 2 is 2.42 bits per heavy atom. The number of anilines is 1. The number of halogens is 1. The molecule has 19 heavy (non-hydrogen) atoms. The predicted molar refractivity (Wildman–Crippen MR) is 72.2 cm³/mol. The van der Waals surface area contributed by atoms with E-state index in [2.05, 4.69) is 10.6 Å². The van der Waals surface area contributed by atoms with Crippen molar-refractivity contribution < 1.29 is 9.53 Å². The Morgan fingerprint density at radius 1 is 1.58 bits per heavy atom. The second-order valence-corrected chi connectivity index (χ2v) is 4.68. The van der Waals surface area contributed by atoms with Crippen LogP contribution in [0.5, 0.6) is 0 Å². The number of urea groups is 1. The summed E-state index contributed by atoms with van der Waals surface area (Å²) in [6, 6.07) is 6.41. The summed E-state index contributed by atoms with van der Waals surface area (Å²) in [4.78, 5) is 11.7. The van der Waals surface area contributed by atoms with Crippen LogP contribution in [0.3, 0.4) is 0 Å². The first-order valence-electron chi connectivity index (χ1n) is 6.05. The number of carbonyl (C=O) groups is 1. The first-order chi connectivity index (χ1) is 9.19. The van der Waals surface area contributed by atoms with Crippen molar-refractivity contribution in [2.75, 3.05) is 18.5 Å². The van der Waals surface area contributed by atoms with Crippen molar-refractivity contribution in [3.63, 3.8) is 0 Å². The molecular formula is C13H14ClN3O2. The van der Waals surface area contributed by atoms with Gasteiger partial charge in [-0.1, -0.05) is 11.6 Å². The number of hydrogen-bond donors (Lipinski definition) is 2. The van der Waals surface area contributed by atoms with Crippen LogP contribution in [0.4, 0.5) is 10.5 Å². The Bertz CT molecular complexity index is 507. The Morgan fingerprint density at radius 3 is 3.11 bits per heavy atom. The summed E-state index contributed by atoms with van der Waals surface area (Å²) in [5, 5.41) is 14.6. The fourth-order valence-electron chi connectivity index (χ4n) is 1.88. The van der Waals surface area contributed by atoms with Gasteiger partial charge in [0.25, 0.3) is 0 Å². The zero-order valence-electron chi connectivity index (χ0n) is 10.3. The SMILES string of the molecule is N#Cc1cc(NC(=O)NCC2CCCO2)ccc1Cl. The lowest BCUT2D eigenvalue weighted by Gasteiger charge is -2.12. The summed E-state index contributed by atoms with van der Waals surface area (Å²) in [7, 11) is 0. The molecule has 0 aromatic heterocycles. The minimum absolute atomic E-state index is 0.102. The molecule has 1 heterocycles. The molecule has 0 radical (unpaired) electrons. The predicted octanol–water partition coefficient (Wildman–Crippen LogP) is 2.51. The van der Waals surface area contributed by atoms with E-state index in [1.165, 1.54) is 6.07 Å². The highest BCUT2D eigenvalue weighted by Gasteiger charge is 2.16. The van der Waals surface area contributed by atoms with E-state index in [-0.39, 0.29) is 12.1 Å². The molecule has 0 spiro atoms. The molecular weight excluding hydrogens is 266 g/mol. The fraction of sp³-hybridized carbons (Fsp3) is 0.385. The molecule has 0 saturated carbocycles. The molecule has 1 atom stereocenters. The van der Waals surface area contributed by atoms with Crippen molar-refractivity contribution >= 4 is 23.3 Å². The van der Waals surface area contributed by atoms with Gasteiger partial charge in [0.2, 0.25) is 0 Å². The number of benzene rings is 1. The van der Waals surface area contributed by atoms with E-state index in [4.69, 9.17) is 21.6 Å². The normalized spacial score (nSPS) is 17.8. The van der Waals surface area contributed by atoms with Crippen LogP contribution >= 0.6 is 11.6 Å². The Hall–Kier alpha value is -1.77. The quantitative estimate of drug-likeness (QED) is 0.893. The molecule has 0 aliphatic carbocycles. The number of hydrogen-bond acceptors (Lipinski definition) is 3. The summed E-state index contributed by atoms with van der Waals surface area (Å²) in [5.74, 6) is 0. The van der Waals surface area contributed by atoms with Gasteiger partial charge in [0.1, 0.15) is 6.07 Å². The van der Waals surface area contributed by atoms with Gasteiger partial charge in [-0.05, 0) is 31.0 Å². The van der Waals surface area contributed by atoms with Gasteiger partial charge in [0.15, 0.2) is 0 Å². The number of rotatable bonds is 3. The van der Waals surface area contributed by atoms with Crippen LogP contribution in [-0.2, 0) is 4.74 Å². The van der Waals surface area contributed by atoms with Gasteiger partial charge in [-0.15, -0.1) is 0 Å². The number of nitrogens with one attached hydrogen (secondary N) is 2. The Kier molecular flexibility index (Phi) is 4.61. The Balaban J connectivity index is 1.86. The van der Waals surface area contributed by atoms with Crippen molar-refractivity contribution in [2.24, 2.45) is 0 Å². The largest absolute Gasteiger partial charge is 0.376 e.